The first-order valence-electron chi connectivity index (χ1n) is 7.70. The van der Waals surface area contributed by atoms with E-state index in [9.17, 15) is 13.2 Å². The fourth-order valence-electron chi connectivity index (χ4n) is 2.45. The van der Waals surface area contributed by atoms with E-state index >= 15 is 0 Å². The third-order valence-electron chi connectivity index (χ3n) is 3.77. The summed E-state index contributed by atoms with van der Waals surface area (Å²) in [5, 5.41) is 2.73. The average molecular weight is 351 g/mol. The van der Waals surface area contributed by atoms with Crippen molar-refractivity contribution in [2.75, 3.05) is 11.6 Å². The highest BCUT2D eigenvalue weighted by Crippen LogP contribution is 2.20. The molecule has 1 amide bonds. The molecule has 0 aliphatic carbocycles. The Kier molecular flexibility index (Phi) is 4.67. The molecular weight excluding hydrogens is 334 g/mol. The van der Waals surface area contributed by atoms with Crippen molar-refractivity contribution in [3.8, 4) is 11.1 Å². The summed E-state index contributed by atoms with van der Waals surface area (Å²) in [6.07, 6.45) is 1.14. The molecule has 0 spiro atoms. The summed E-state index contributed by atoms with van der Waals surface area (Å²) in [6, 6.07) is 23.4. The monoisotopic (exact) mass is 351 g/mol. The second kappa shape index (κ2) is 6.91. The number of hydrogen-bond donors (Lipinski definition) is 1. The zero-order valence-corrected chi connectivity index (χ0v) is 14.5. The minimum Gasteiger partial charge on any atom is -0.322 e. The first-order chi connectivity index (χ1) is 11.9. The van der Waals surface area contributed by atoms with Crippen LogP contribution in [0.2, 0.25) is 0 Å². The second-order valence-electron chi connectivity index (χ2n) is 5.70. The van der Waals surface area contributed by atoms with E-state index in [-0.39, 0.29) is 10.8 Å². The van der Waals surface area contributed by atoms with Gasteiger partial charge in [0, 0.05) is 17.5 Å². The van der Waals surface area contributed by atoms with Crippen LogP contribution in [0.4, 0.5) is 5.69 Å². The molecule has 3 aromatic carbocycles. The minimum absolute atomic E-state index is 0.171. The third kappa shape index (κ3) is 4.14. The quantitative estimate of drug-likeness (QED) is 0.772. The van der Waals surface area contributed by atoms with Gasteiger partial charge in [-0.3, -0.25) is 4.79 Å². The predicted octanol–water partition coefficient (Wildman–Crippen LogP) is 4.01. The van der Waals surface area contributed by atoms with Gasteiger partial charge in [-0.15, -0.1) is 0 Å². The molecule has 0 saturated carbocycles. The summed E-state index contributed by atoms with van der Waals surface area (Å²) < 4.78 is 23.2. The average Bonchev–Trinajstić information content (AvgIpc) is 2.62. The Balaban J connectivity index is 1.78. The van der Waals surface area contributed by atoms with Crippen LogP contribution in [-0.4, -0.2) is 20.6 Å². The molecule has 0 fully saturated rings. The number of anilines is 1. The van der Waals surface area contributed by atoms with Crippen LogP contribution in [0, 0.1) is 0 Å². The van der Waals surface area contributed by atoms with E-state index in [1.165, 1.54) is 12.1 Å². The summed E-state index contributed by atoms with van der Waals surface area (Å²) in [4.78, 5) is 12.5. The number of carbonyl (C=O) groups is 1. The minimum atomic E-state index is -3.31. The van der Waals surface area contributed by atoms with Gasteiger partial charge in [-0.05, 0) is 41.5 Å². The molecule has 0 saturated heterocycles. The van der Waals surface area contributed by atoms with Crippen LogP contribution in [0.1, 0.15) is 10.4 Å². The van der Waals surface area contributed by atoms with Gasteiger partial charge >= 0.3 is 0 Å². The molecule has 0 aromatic heterocycles. The molecule has 3 rings (SSSR count). The first kappa shape index (κ1) is 16.9. The SMILES string of the molecule is CS(=O)(=O)c1cccc(NC(=O)c2ccc(-c3ccccc3)cc2)c1. The lowest BCUT2D eigenvalue weighted by Crippen LogP contribution is -2.12. The van der Waals surface area contributed by atoms with Crippen LogP contribution < -0.4 is 5.32 Å². The van der Waals surface area contributed by atoms with Crippen molar-refractivity contribution in [3.63, 3.8) is 0 Å². The maximum atomic E-state index is 12.4. The van der Waals surface area contributed by atoms with Crippen molar-refractivity contribution >= 4 is 21.4 Å². The van der Waals surface area contributed by atoms with Gasteiger partial charge in [0.15, 0.2) is 9.84 Å². The van der Waals surface area contributed by atoms with E-state index in [1.807, 2.05) is 42.5 Å². The van der Waals surface area contributed by atoms with Gasteiger partial charge < -0.3 is 5.32 Å². The molecule has 0 bridgehead atoms. The lowest BCUT2D eigenvalue weighted by Gasteiger charge is -2.08. The molecule has 0 aliphatic rings. The molecule has 126 valence electrons. The smallest absolute Gasteiger partial charge is 0.255 e. The Labute approximate surface area is 147 Å². The summed E-state index contributed by atoms with van der Waals surface area (Å²) in [5.41, 5.74) is 3.05. The Hall–Kier alpha value is -2.92. The number of sulfone groups is 1. The van der Waals surface area contributed by atoms with Crippen LogP contribution in [0.3, 0.4) is 0 Å². The van der Waals surface area contributed by atoms with E-state index in [0.717, 1.165) is 17.4 Å². The van der Waals surface area contributed by atoms with E-state index in [2.05, 4.69) is 5.32 Å². The Morgan fingerprint density at radius 1 is 0.800 bits per heavy atom. The molecule has 3 aromatic rings. The Morgan fingerprint density at radius 2 is 1.44 bits per heavy atom. The third-order valence-corrected chi connectivity index (χ3v) is 4.88. The lowest BCUT2D eigenvalue weighted by molar-refractivity contribution is 0.102. The van der Waals surface area contributed by atoms with Crippen molar-refractivity contribution in [2.45, 2.75) is 4.90 Å². The molecule has 1 N–H and O–H groups in total. The number of carbonyl (C=O) groups excluding carboxylic acids is 1. The molecule has 0 aliphatic heterocycles. The van der Waals surface area contributed by atoms with Crippen LogP contribution in [0.5, 0.6) is 0 Å². The maximum absolute atomic E-state index is 12.4. The standard InChI is InChI=1S/C20H17NO3S/c1-25(23,24)19-9-5-8-18(14-19)21-20(22)17-12-10-16(11-13-17)15-6-3-2-4-7-15/h2-14H,1H3,(H,21,22). The zero-order chi connectivity index (χ0) is 17.9. The van der Waals surface area contributed by atoms with Crippen LogP contribution >= 0.6 is 0 Å². The summed E-state index contributed by atoms with van der Waals surface area (Å²) >= 11 is 0. The van der Waals surface area contributed by atoms with E-state index < -0.39 is 9.84 Å². The Morgan fingerprint density at radius 3 is 2.08 bits per heavy atom. The molecule has 25 heavy (non-hydrogen) atoms. The lowest BCUT2D eigenvalue weighted by atomic mass is 10.0. The van der Waals surface area contributed by atoms with Crippen molar-refractivity contribution in [1.29, 1.82) is 0 Å². The first-order valence-corrected chi connectivity index (χ1v) is 9.59. The van der Waals surface area contributed by atoms with Crippen molar-refractivity contribution in [3.05, 3.63) is 84.4 Å². The summed E-state index contributed by atoms with van der Waals surface area (Å²) in [5.74, 6) is -0.287. The van der Waals surface area contributed by atoms with Crippen LogP contribution in [0.15, 0.2) is 83.8 Å². The highest BCUT2D eigenvalue weighted by atomic mass is 32.2. The van der Waals surface area contributed by atoms with Gasteiger partial charge in [0.05, 0.1) is 4.90 Å². The number of rotatable bonds is 4. The number of hydrogen-bond acceptors (Lipinski definition) is 3. The molecule has 5 heteroatoms. The molecule has 0 radical (unpaired) electrons. The number of amides is 1. The zero-order valence-electron chi connectivity index (χ0n) is 13.6. The van der Waals surface area contributed by atoms with Gasteiger partial charge in [0.2, 0.25) is 0 Å². The maximum Gasteiger partial charge on any atom is 0.255 e. The fraction of sp³-hybridized carbons (Fsp3) is 0.0500. The van der Waals surface area contributed by atoms with Crippen molar-refractivity contribution in [2.24, 2.45) is 0 Å². The molecule has 0 heterocycles. The number of benzene rings is 3. The Bertz CT molecular complexity index is 995. The number of nitrogens with one attached hydrogen (secondary N) is 1. The highest BCUT2D eigenvalue weighted by molar-refractivity contribution is 7.90. The van der Waals surface area contributed by atoms with Gasteiger partial charge in [-0.25, -0.2) is 8.42 Å². The van der Waals surface area contributed by atoms with Crippen molar-refractivity contribution < 1.29 is 13.2 Å². The van der Waals surface area contributed by atoms with Crippen molar-refractivity contribution in [1.82, 2.24) is 0 Å². The van der Waals surface area contributed by atoms with Crippen LogP contribution in [0.25, 0.3) is 11.1 Å². The molecule has 4 nitrogen and oxygen atoms in total. The van der Waals surface area contributed by atoms with Crippen LogP contribution in [-0.2, 0) is 9.84 Å². The fourth-order valence-corrected chi connectivity index (χ4v) is 3.12. The van der Waals surface area contributed by atoms with Gasteiger partial charge in [-0.1, -0.05) is 48.5 Å². The second-order valence-corrected chi connectivity index (χ2v) is 7.71. The van der Waals surface area contributed by atoms with Gasteiger partial charge in [-0.2, -0.15) is 0 Å². The van der Waals surface area contributed by atoms with Gasteiger partial charge in [0.1, 0.15) is 0 Å². The molecule has 0 unspecified atom stereocenters. The van der Waals surface area contributed by atoms with E-state index in [4.69, 9.17) is 0 Å². The van der Waals surface area contributed by atoms with E-state index in [1.54, 1.807) is 24.3 Å². The highest BCUT2D eigenvalue weighted by Gasteiger charge is 2.10. The topological polar surface area (TPSA) is 63.2 Å². The normalized spacial score (nSPS) is 11.1. The van der Waals surface area contributed by atoms with Gasteiger partial charge in [0.25, 0.3) is 5.91 Å². The summed E-state index contributed by atoms with van der Waals surface area (Å²) in [7, 11) is -3.31. The largest absolute Gasteiger partial charge is 0.322 e. The predicted molar refractivity (Wildman–Crippen MR) is 99.4 cm³/mol. The molecular formula is C20H17NO3S. The van der Waals surface area contributed by atoms with E-state index in [0.29, 0.717) is 11.3 Å². The molecule has 0 atom stereocenters. The summed E-state index contributed by atoms with van der Waals surface area (Å²) in [6.45, 7) is 0.